The van der Waals surface area contributed by atoms with Crippen molar-refractivity contribution in [2.24, 2.45) is 0 Å². The predicted octanol–water partition coefficient (Wildman–Crippen LogP) is 12.2. The summed E-state index contributed by atoms with van der Waals surface area (Å²) in [6.07, 6.45) is 1.84. The summed E-state index contributed by atoms with van der Waals surface area (Å²) in [7, 11) is 0. The van der Waals surface area contributed by atoms with Crippen molar-refractivity contribution in [3.63, 3.8) is 0 Å². The Morgan fingerprint density at radius 3 is 1.96 bits per heavy atom. The third-order valence-electron chi connectivity index (χ3n) is 11.2. The number of rotatable bonds is 4. The van der Waals surface area contributed by atoms with Gasteiger partial charge in [0.15, 0.2) is 0 Å². The average Bonchev–Trinajstić information content (AvgIpc) is 3.55. The lowest BCUT2D eigenvalue weighted by atomic mass is 9.67. The Labute approximate surface area is 306 Å². The number of pyridine rings is 3. The van der Waals surface area contributed by atoms with Gasteiger partial charge in [0.25, 0.3) is 0 Å². The second-order valence-corrected chi connectivity index (χ2v) is 13.9. The Bertz CT molecular complexity index is 3020. The highest BCUT2D eigenvalue weighted by Crippen LogP contribution is 2.58. The molecular formula is C50H31N3. The Morgan fingerprint density at radius 1 is 0.434 bits per heavy atom. The zero-order chi connectivity index (χ0) is 34.9. The first-order chi connectivity index (χ1) is 26.3. The molecule has 3 aromatic heterocycles. The van der Waals surface area contributed by atoms with Gasteiger partial charge in [-0.05, 0) is 63.0 Å². The molecule has 0 aliphatic heterocycles. The van der Waals surface area contributed by atoms with Gasteiger partial charge < -0.3 is 0 Å². The van der Waals surface area contributed by atoms with E-state index in [1.54, 1.807) is 0 Å². The molecule has 0 bridgehead atoms. The summed E-state index contributed by atoms with van der Waals surface area (Å²) in [5.41, 5.74) is 13.8. The van der Waals surface area contributed by atoms with Crippen molar-refractivity contribution in [3.05, 3.63) is 210 Å². The molecule has 1 aliphatic rings. The molecule has 11 rings (SSSR count). The maximum absolute atomic E-state index is 5.51. The topological polar surface area (TPSA) is 38.7 Å². The summed E-state index contributed by atoms with van der Waals surface area (Å²) in [6, 6.07) is 65.5. The van der Waals surface area contributed by atoms with Crippen LogP contribution in [-0.2, 0) is 5.41 Å². The molecule has 0 unspecified atom stereocenters. The second-order valence-electron chi connectivity index (χ2n) is 13.9. The number of para-hydroxylation sites is 1. The molecule has 0 atom stereocenters. The minimum Gasteiger partial charge on any atom is -0.254 e. The third kappa shape index (κ3) is 4.31. The summed E-state index contributed by atoms with van der Waals surface area (Å²) in [4.78, 5) is 15.4. The predicted molar refractivity (Wildman–Crippen MR) is 218 cm³/mol. The van der Waals surface area contributed by atoms with Gasteiger partial charge in [0.2, 0.25) is 0 Å². The highest BCUT2D eigenvalue weighted by Gasteiger charge is 2.47. The van der Waals surface area contributed by atoms with E-state index < -0.39 is 5.41 Å². The van der Waals surface area contributed by atoms with Crippen LogP contribution in [0.4, 0.5) is 0 Å². The Hall–Kier alpha value is -6.97. The van der Waals surface area contributed by atoms with Crippen LogP contribution in [0.25, 0.3) is 77.1 Å². The molecular weight excluding hydrogens is 643 g/mol. The fraction of sp³-hybridized carbons (Fsp3) is 0.0200. The van der Waals surface area contributed by atoms with Crippen LogP contribution >= 0.6 is 0 Å². The molecule has 3 nitrogen and oxygen atoms in total. The van der Waals surface area contributed by atoms with E-state index in [9.17, 15) is 0 Å². The van der Waals surface area contributed by atoms with Gasteiger partial charge in [0.1, 0.15) is 0 Å². The van der Waals surface area contributed by atoms with E-state index in [-0.39, 0.29) is 0 Å². The van der Waals surface area contributed by atoms with E-state index in [1.165, 1.54) is 44.2 Å². The zero-order valence-electron chi connectivity index (χ0n) is 28.7. The summed E-state index contributed by atoms with van der Waals surface area (Å²) >= 11 is 0. The molecule has 0 spiro atoms. The Kier molecular flexibility index (Phi) is 6.47. The van der Waals surface area contributed by atoms with Gasteiger partial charge in [0, 0.05) is 38.9 Å². The first-order valence-corrected chi connectivity index (χ1v) is 18.1. The number of hydrogen-bond donors (Lipinski definition) is 0. The van der Waals surface area contributed by atoms with Crippen molar-refractivity contribution < 1.29 is 0 Å². The quantitative estimate of drug-likeness (QED) is 0.175. The molecule has 53 heavy (non-hydrogen) atoms. The molecule has 1 aliphatic carbocycles. The first kappa shape index (κ1) is 29.7. The van der Waals surface area contributed by atoms with Gasteiger partial charge in [-0.1, -0.05) is 158 Å². The maximum Gasteiger partial charge on any atom is 0.0972 e. The van der Waals surface area contributed by atoms with E-state index in [0.29, 0.717) is 0 Å². The summed E-state index contributed by atoms with van der Waals surface area (Å²) in [5, 5.41) is 5.67. The fourth-order valence-electron chi connectivity index (χ4n) is 8.90. The van der Waals surface area contributed by atoms with Crippen molar-refractivity contribution in [1.29, 1.82) is 0 Å². The maximum atomic E-state index is 5.51. The number of hydrogen-bond acceptors (Lipinski definition) is 3. The summed E-state index contributed by atoms with van der Waals surface area (Å²) < 4.78 is 0. The van der Waals surface area contributed by atoms with Crippen molar-refractivity contribution in [1.82, 2.24) is 15.0 Å². The fourth-order valence-corrected chi connectivity index (χ4v) is 8.90. The van der Waals surface area contributed by atoms with Gasteiger partial charge in [-0.15, -0.1) is 0 Å². The Balaban J connectivity index is 1.22. The minimum atomic E-state index is -0.501. The first-order valence-electron chi connectivity index (χ1n) is 18.1. The van der Waals surface area contributed by atoms with Gasteiger partial charge in [-0.2, -0.15) is 0 Å². The Morgan fingerprint density at radius 2 is 1.13 bits per heavy atom. The molecule has 0 radical (unpaired) electrons. The third-order valence-corrected chi connectivity index (χ3v) is 11.2. The van der Waals surface area contributed by atoms with Crippen molar-refractivity contribution in [2.45, 2.75) is 5.41 Å². The lowest BCUT2D eigenvalue weighted by molar-refractivity contribution is 0.769. The van der Waals surface area contributed by atoms with Crippen LogP contribution < -0.4 is 0 Å². The molecule has 0 N–H and O–H groups in total. The molecule has 0 fully saturated rings. The lowest BCUT2D eigenvalue weighted by Crippen LogP contribution is -2.28. The number of aromatic nitrogens is 3. The highest BCUT2D eigenvalue weighted by atomic mass is 14.8. The van der Waals surface area contributed by atoms with Crippen LogP contribution in [0.3, 0.4) is 0 Å². The second kappa shape index (κ2) is 11.5. The number of benzene rings is 7. The van der Waals surface area contributed by atoms with E-state index in [4.69, 9.17) is 15.0 Å². The average molecular weight is 674 g/mol. The van der Waals surface area contributed by atoms with E-state index >= 15 is 0 Å². The normalized spacial score (nSPS) is 13.1. The van der Waals surface area contributed by atoms with Crippen LogP contribution in [0.15, 0.2) is 188 Å². The SMILES string of the molecule is c1ccc(C2(c3ccccc3)c3ccccc3-c3c2ccc2c3c(-c3cccc(-c4ccc5ccc6cccnc6c5n4)c3)nc3ccccc32)cc1. The molecule has 246 valence electrons. The minimum absolute atomic E-state index is 0.501. The van der Waals surface area contributed by atoms with Crippen LogP contribution in [0, 0.1) is 0 Å². The largest absolute Gasteiger partial charge is 0.254 e. The van der Waals surface area contributed by atoms with Crippen molar-refractivity contribution in [2.75, 3.05) is 0 Å². The van der Waals surface area contributed by atoms with Crippen LogP contribution in [0.5, 0.6) is 0 Å². The smallest absolute Gasteiger partial charge is 0.0972 e. The molecule has 3 heteroatoms. The van der Waals surface area contributed by atoms with E-state index in [0.717, 1.165) is 55.2 Å². The van der Waals surface area contributed by atoms with E-state index in [2.05, 4.69) is 176 Å². The van der Waals surface area contributed by atoms with Gasteiger partial charge in [-0.3, -0.25) is 4.98 Å². The molecule has 0 amide bonds. The standard InChI is InChI=1S/C50H31N3/c1-3-16-36(17-4-1)50(37-18-5-2-6-19-37)41-22-9-7-21-40(41)45-42(50)28-27-39-38-20-8-10-23-44(38)53-47(46(39)45)35-14-11-13-34(31-35)43-29-26-33-25-24-32-15-12-30-51-48(32)49(33)52-43/h1-31H. The van der Waals surface area contributed by atoms with E-state index in [1.807, 2.05) is 12.3 Å². The summed E-state index contributed by atoms with van der Waals surface area (Å²) in [5.74, 6) is 0. The molecule has 10 aromatic rings. The molecule has 3 heterocycles. The highest BCUT2D eigenvalue weighted by molar-refractivity contribution is 6.18. The molecule has 0 saturated heterocycles. The van der Waals surface area contributed by atoms with Crippen molar-refractivity contribution >= 4 is 43.5 Å². The summed E-state index contributed by atoms with van der Waals surface area (Å²) in [6.45, 7) is 0. The molecule has 0 saturated carbocycles. The number of fused-ring (bicyclic) bond motifs is 10. The monoisotopic (exact) mass is 673 g/mol. The van der Waals surface area contributed by atoms with Crippen molar-refractivity contribution in [3.8, 4) is 33.6 Å². The van der Waals surface area contributed by atoms with Gasteiger partial charge in [0.05, 0.1) is 33.4 Å². The van der Waals surface area contributed by atoms with Gasteiger partial charge in [-0.25, -0.2) is 9.97 Å². The van der Waals surface area contributed by atoms with Gasteiger partial charge >= 0.3 is 0 Å². The molecule has 7 aromatic carbocycles. The van der Waals surface area contributed by atoms with Crippen LogP contribution in [0.2, 0.25) is 0 Å². The zero-order valence-corrected chi connectivity index (χ0v) is 28.7. The van der Waals surface area contributed by atoms with Crippen LogP contribution in [0.1, 0.15) is 22.3 Å². The number of nitrogens with zero attached hydrogens (tertiary/aromatic N) is 3. The van der Waals surface area contributed by atoms with Crippen LogP contribution in [-0.4, -0.2) is 15.0 Å². The lowest BCUT2D eigenvalue weighted by Gasteiger charge is -2.34.